The van der Waals surface area contributed by atoms with Gasteiger partial charge in [-0.25, -0.2) is 9.36 Å². The van der Waals surface area contributed by atoms with Crippen LogP contribution in [0.4, 0.5) is 0 Å². The summed E-state index contributed by atoms with van der Waals surface area (Å²) in [6.07, 6.45) is 0.740. The first-order valence-electron chi connectivity index (χ1n) is 11.8. The predicted octanol–water partition coefficient (Wildman–Crippen LogP) is 3.23. The van der Waals surface area contributed by atoms with Crippen molar-refractivity contribution >= 4 is 13.7 Å². The van der Waals surface area contributed by atoms with Gasteiger partial charge in [-0.2, -0.15) is 5.09 Å². The number of benzene rings is 1. The quantitative estimate of drug-likeness (QED) is 0.355. The molecule has 0 bridgehead atoms. The molecule has 2 heterocycles. The highest BCUT2D eigenvalue weighted by atomic mass is 31.2. The molecule has 0 spiro atoms. The largest absolute Gasteiger partial charge is 0.464 e. The maximum absolute atomic E-state index is 13.7. The number of hydrogen-bond donors (Lipinski definition) is 2. The summed E-state index contributed by atoms with van der Waals surface area (Å²) in [7, 11) is -4.04. The number of para-hydroxylation sites is 1. The van der Waals surface area contributed by atoms with E-state index in [1.807, 2.05) is 27.7 Å². The van der Waals surface area contributed by atoms with Crippen LogP contribution in [0.5, 0.6) is 5.75 Å². The molecule has 12 heteroatoms. The molecule has 36 heavy (non-hydrogen) atoms. The highest BCUT2D eigenvalue weighted by Gasteiger charge is 2.38. The number of nitrogens with zero attached hydrogens (tertiary/aromatic N) is 1. The van der Waals surface area contributed by atoms with Gasteiger partial charge in [-0.1, -0.05) is 45.9 Å². The van der Waals surface area contributed by atoms with Gasteiger partial charge in [-0.3, -0.25) is 23.7 Å². The average molecular weight is 524 g/mol. The van der Waals surface area contributed by atoms with Gasteiger partial charge in [0.2, 0.25) is 0 Å². The molecule has 1 unspecified atom stereocenters. The maximum Gasteiger partial charge on any atom is 0.459 e. The van der Waals surface area contributed by atoms with Crippen LogP contribution < -0.4 is 20.9 Å². The molecule has 198 valence electrons. The Morgan fingerprint density at radius 3 is 2.58 bits per heavy atom. The molecular formula is C24H34N3O8P. The minimum Gasteiger partial charge on any atom is -0.464 e. The molecule has 3 rings (SSSR count). The first-order valence-corrected chi connectivity index (χ1v) is 13.3. The Kier molecular flexibility index (Phi) is 8.94. The summed E-state index contributed by atoms with van der Waals surface area (Å²) in [6.45, 7) is 9.28. The van der Waals surface area contributed by atoms with E-state index in [4.69, 9.17) is 18.5 Å². The van der Waals surface area contributed by atoms with Crippen molar-refractivity contribution in [3.05, 3.63) is 63.4 Å². The first-order chi connectivity index (χ1) is 16.8. The SMILES string of the molecule is C[C@H](NP(=O)(OC[C@@H]1C[C@H](C)[C@H](n2ccc(=O)[nH]c2=O)O1)Oc1ccccc1)C(=O)OCC(C)(C)C. The zero-order valence-electron chi connectivity index (χ0n) is 21.1. The van der Waals surface area contributed by atoms with Crippen molar-refractivity contribution in [2.45, 2.75) is 59.4 Å². The van der Waals surface area contributed by atoms with Gasteiger partial charge >= 0.3 is 19.4 Å². The van der Waals surface area contributed by atoms with Crippen molar-refractivity contribution in [1.29, 1.82) is 0 Å². The third-order valence-electron chi connectivity index (χ3n) is 5.33. The predicted molar refractivity (Wildman–Crippen MR) is 133 cm³/mol. The van der Waals surface area contributed by atoms with E-state index in [1.165, 1.54) is 23.8 Å². The van der Waals surface area contributed by atoms with Crippen LogP contribution in [-0.2, 0) is 23.4 Å². The number of carbonyl (C=O) groups excluding carboxylic acids is 1. The van der Waals surface area contributed by atoms with Gasteiger partial charge in [0, 0.05) is 18.2 Å². The fraction of sp³-hybridized carbons (Fsp3) is 0.542. The van der Waals surface area contributed by atoms with Crippen LogP contribution in [-0.4, -0.2) is 40.9 Å². The summed E-state index contributed by atoms with van der Waals surface area (Å²) in [4.78, 5) is 38.2. The molecule has 0 saturated carbocycles. The van der Waals surface area contributed by atoms with Crippen LogP contribution >= 0.6 is 7.75 Å². The Hall–Kier alpha value is -2.72. The highest BCUT2D eigenvalue weighted by Crippen LogP contribution is 2.46. The Labute approximate surface area is 209 Å². The van der Waals surface area contributed by atoms with Gasteiger partial charge in [0.25, 0.3) is 5.56 Å². The Bertz CT molecular complexity index is 1190. The van der Waals surface area contributed by atoms with Crippen LogP contribution in [0.1, 0.15) is 47.3 Å². The van der Waals surface area contributed by atoms with E-state index in [-0.39, 0.29) is 24.5 Å². The van der Waals surface area contributed by atoms with Crippen LogP contribution in [0.25, 0.3) is 0 Å². The molecule has 2 N–H and O–H groups in total. The van der Waals surface area contributed by atoms with Crippen LogP contribution in [0.2, 0.25) is 0 Å². The second-order valence-corrected chi connectivity index (χ2v) is 11.8. The topological polar surface area (TPSA) is 138 Å². The van der Waals surface area contributed by atoms with E-state index in [0.29, 0.717) is 12.2 Å². The van der Waals surface area contributed by atoms with Crippen molar-refractivity contribution in [2.24, 2.45) is 11.3 Å². The molecule has 1 aromatic heterocycles. The molecule has 1 saturated heterocycles. The molecule has 0 aliphatic carbocycles. The van der Waals surface area contributed by atoms with E-state index in [0.717, 1.165) is 0 Å². The third kappa shape index (κ3) is 7.89. The van der Waals surface area contributed by atoms with Gasteiger partial charge in [-0.05, 0) is 30.9 Å². The van der Waals surface area contributed by atoms with Crippen molar-refractivity contribution in [3.8, 4) is 5.75 Å². The van der Waals surface area contributed by atoms with Gasteiger partial charge in [-0.15, -0.1) is 0 Å². The van der Waals surface area contributed by atoms with Crippen LogP contribution in [0.15, 0.2) is 52.2 Å². The van der Waals surface area contributed by atoms with Crippen LogP contribution in [0, 0.1) is 11.3 Å². The minimum absolute atomic E-state index is 0.0871. The molecule has 0 radical (unpaired) electrons. The van der Waals surface area contributed by atoms with Gasteiger partial charge in [0.15, 0.2) is 0 Å². The molecule has 1 aliphatic rings. The van der Waals surface area contributed by atoms with E-state index in [9.17, 15) is 18.9 Å². The fourth-order valence-corrected chi connectivity index (χ4v) is 5.11. The van der Waals surface area contributed by atoms with E-state index < -0.39 is 43.3 Å². The summed E-state index contributed by atoms with van der Waals surface area (Å²) in [5.41, 5.74) is -1.30. The number of ether oxygens (including phenoxy) is 2. The second-order valence-electron chi connectivity index (χ2n) is 10.1. The Morgan fingerprint density at radius 2 is 1.94 bits per heavy atom. The fourth-order valence-electron chi connectivity index (χ4n) is 3.59. The van der Waals surface area contributed by atoms with Gasteiger partial charge in [0.05, 0.1) is 19.3 Å². The lowest BCUT2D eigenvalue weighted by Gasteiger charge is -2.25. The zero-order valence-corrected chi connectivity index (χ0v) is 22.0. The van der Waals surface area contributed by atoms with Crippen molar-refractivity contribution in [3.63, 3.8) is 0 Å². The van der Waals surface area contributed by atoms with E-state index in [1.54, 1.807) is 30.3 Å². The summed E-state index contributed by atoms with van der Waals surface area (Å²) in [5.74, 6) is -0.383. The number of rotatable bonds is 10. The van der Waals surface area contributed by atoms with Gasteiger partial charge < -0.3 is 14.0 Å². The molecule has 1 aromatic carbocycles. The number of hydrogen-bond acceptors (Lipinski definition) is 8. The monoisotopic (exact) mass is 523 g/mol. The lowest BCUT2D eigenvalue weighted by Crippen LogP contribution is -2.37. The Balaban J connectivity index is 1.69. The molecular weight excluding hydrogens is 489 g/mol. The normalized spacial score (nSPS) is 22.5. The molecule has 11 nitrogen and oxygen atoms in total. The molecule has 0 amide bonds. The number of aromatic nitrogens is 2. The number of nitrogens with one attached hydrogen (secondary N) is 2. The second kappa shape index (κ2) is 11.6. The number of carbonyl (C=O) groups is 1. The third-order valence-corrected chi connectivity index (χ3v) is 6.97. The van der Waals surface area contributed by atoms with E-state index >= 15 is 0 Å². The molecule has 1 aliphatic heterocycles. The molecule has 1 fully saturated rings. The highest BCUT2D eigenvalue weighted by molar-refractivity contribution is 7.52. The first kappa shape index (κ1) is 27.9. The number of esters is 1. The molecule has 2 aromatic rings. The van der Waals surface area contributed by atoms with E-state index in [2.05, 4.69) is 10.1 Å². The lowest BCUT2D eigenvalue weighted by molar-refractivity contribution is -0.148. The standard InChI is InChI=1S/C24H34N3O8P/c1-16-13-19(34-21(16)27-12-11-20(28)25-23(27)30)14-33-36(31,35-18-9-7-6-8-10-18)26-17(2)22(29)32-15-24(3,4)5/h6-12,16-17,19,21H,13-15H2,1-5H3,(H,26,31)(H,25,28,30)/t16-,17-,19-,21+,36?/m0/s1. The van der Waals surface area contributed by atoms with Crippen molar-refractivity contribution < 1.29 is 27.9 Å². The average Bonchev–Trinajstić information content (AvgIpc) is 3.16. The summed E-state index contributed by atoms with van der Waals surface area (Å²) < 4.78 is 37.6. The summed E-state index contributed by atoms with van der Waals surface area (Å²) in [5, 5.41) is 2.66. The van der Waals surface area contributed by atoms with Crippen LogP contribution in [0.3, 0.4) is 0 Å². The summed E-state index contributed by atoms with van der Waals surface area (Å²) >= 11 is 0. The number of aromatic amines is 1. The smallest absolute Gasteiger partial charge is 0.459 e. The number of H-pyrrole nitrogens is 1. The van der Waals surface area contributed by atoms with Crippen molar-refractivity contribution in [2.75, 3.05) is 13.2 Å². The van der Waals surface area contributed by atoms with Gasteiger partial charge in [0.1, 0.15) is 18.0 Å². The minimum atomic E-state index is -4.04. The van der Waals surface area contributed by atoms with Crippen molar-refractivity contribution in [1.82, 2.24) is 14.6 Å². The zero-order chi connectivity index (χ0) is 26.5. The Morgan fingerprint density at radius 1 is 1.25 bits per heavy atom. The lowest BCUT2D eigenvalue weighted by atomic mass is 9.99. The maximum atomic E-state index is 13.7. The summed E-state index contributed by atoms with van der Waals surface area (Å²) in [6, 6.07) is 8.72. The molecule has 5 atom stereocenters.